The van der Waals surface area contributed by atoms with Gasteiger partial charge < -0.3 is 9.84 Å². The minimum atomic E-state index is -1.01. The molecule has 1 saturated carbocycles. The van der Waals surface area contributed by atoms with Crippen molar-refractivity contribution in [3.63, 3.8) is 0 Å². The maximum Gasteiger partial charge on any atom is 0.303 e. The molecule has 0 spiro atoms. The fourth-order valence-electron chi connectivity index (χ4n) is 2.07. The van der Waals surface area contributed by atoms with E-state index in [4.69, 9.17) is 5.11 Å². The molecule has 3 nitrogen and oxygen atoms in total. The lowest BCUT2D eigenvalue weighted by atomic mass is 10.1. The highest BCUT2D eigenvalue weighted by molar-refractivity contribution is 5.68. The smallest absolute Gasteiger partial charge is 0.303 e. The Balaban J connectivity index is 2.19. The number of carbonyl (C=O) groups is 1. The van der Waals surface area contributed by atoms with Crippen molar-refractivity contribution < 1.29 is 23.4 Å². The largest absolute Gasteiger partial charge is 0.494 e. The van der Waals surface area contributed by atoms with Crippen LogP contribution < -0.4 is 4.74 Å². The molecular formula is C12H12F2O3. The quantitative estimate of drug-likeness (QED) is 0.882. The standard InChI is InChI=1S/C12H12F2O3/c1-17-9-3-2-7(11(13)12(9)14)8-4-6(8)5-10(15)16/h2-3,6,8H,4-5H2,1H3,(H,15,16). The molecule has 2 atom stereocenters. The average Bonchev–Trinajstić information content (AvgIpc) is 3.00. The lowest BCUT2D eigenvalue weighted by molar-refractivity contribution is -0.137. The molecule has 1 aliphatic carbocycles. The maximum atomic E-state index is 13.6. The molecule has 2 rings (SSSR count). The molecule has 1 aromatic carbocycles. The molecule has 0 bridgehead atoms. The SMILES string of the molecule is COc1ccc(C2CC2CC(=O)O)c(F)c1F. The maximum absolute atomic E-state index is 13.6. The van der Waals surface area contributed by atoms with E-state index >= 15 is 0 Å². The molecule has 0 saturated heterocycles. The number of rotatable bonds is 4. The van der Waals surface area contributed by atoms with Gasteiger partial charge in [-0.3, -0.25) is 4.79 Å². The van der Waals surface area contributed by atoms with Gasteiger partial charge in [-0.15, -0.1) is 0 Å². The van der Waals surface area contributed by atoms with Gasteiger partial charge in [0.2, 0.25) is 5.82 Å². The van der Waals surface area contributed by atoms with Crippen LogP contribution in [0.1, 0.15) is 24.3 Å². The summed E-state index contributed by atoms with van der Waals surface area (Å²) in [5.74, 6) is -3.26. The first kappa shape index (κ1) is 11.8. The summed E-state index contributed by atoms with van der Waals surface area (Å²) in [4.78, 5) is 10.5. The summed E-state index contributed by atoms with van der Waals surface area (Å²) in [6.07, 6.45) is 0.590. The van der Waals surface area contributed by atoms with Crippen LogP contribution in [0.15, 0.2) is 12.1 Å². The number of methoxy groups -OCH3 is 1. The van der Waals surface area contributed by atoms with Crippen LogP contribution in [0.4, 0.5) is 8.78 Å². The van der Waals surface area contributed by atoms with Crippen molar-refractivity contribution in [2.24, 2.45) is 5.92 Å². The van der Waals surface area contributed by atoms with E-state index < -0.39 is 17.6 Å². The van der Waals surface area contributed by atoms with Gasteiger partial charge in [0, 0.05) is 6.42 Å². The molecule has 1 N–H and O–H groups in total. The Labute approximate surface area is 97.0 Å². The lowest BCUT2D eigenvalue weighted by Crippen LogP contribution is -2.00. The highest BCUT2D eigenvalue weighted by Gasteiger charge is 2.41. The van der Waals surface area contributed by atoms with Crippen LogP contribution in [0.3, 0.4) is 0 Å². The Bertz CT molecular complexity index is 459. The Kier molecular flexibility index (Phi) is 3.00. The Morgan fingerprint density at radius 3 is 2.76 bits per heavy atom. The van der Waals surface area contributed by atoms with Gasteiger partial charge in [-0.2, -0.15) is 4.39 Å². The molecule has 17 heavy (non-hydrogen) atoms. The highest BCUT2D eigenvalue weighted by atomic mass is 19.2. The molecule has 1 aromatic rings. The van der Waals surface area contributed by atoms with Crippen molar-refractivity contribution in [2.75, 3.05) is 7.11 Å². The number of halogens is 2. The third-order valence-corrected chi connectivity index (χ3v) is 3.06. The Hall–Kier alpha value is -1.65. The summed E-state index contributed by atoms with van der Waals surface area (Å²) >= 11 is 0. The van der Waals surface area contributed by atoms with Crippen LogP contribution in [0.5, 0.6) is 5.75 Å². The number of hydrogen-bond donors (Lipinski definition) is 1. The van der Waals surface area contributed by atoms with Crippen molar-refractivity contribution in [2.45, 2.75) is 18.8 Å². The van der Waals surface area contributed by atoms with Crippen molar-refractivity contribution in [3.8, 4) is 5.75 Å². The fourth-order valence-corrected chi connectivity index (χ4v) is 2.07. The van der Waals surface area contributed by atoms with Crippen LogP contribution in [-0.4, -0.2) is 18.2 Å². The molecule has 0 amide bonds. The number of carboxylic acid groups (broad SMARTS) is 1. The predicted molar refractivity (Wildman–Crippen MR) is 56.0 cm³/mol. The van der Waals surface area contributed by atoms with E-state index in [1.807, 2.05) is 0 Å². The van der Waals surface area contributed by atoms with Crippen LogP contribution >= 0.6 is 0 Å². The van der Waals surface area contributed by atoms with Crippen molar-refractivity contribution >= 4 is 5.97 Å². The summed E-state index contributed by atoms with van der Waals surface area (Å²) in [7, 11) is 1.27. The van der Waals surface area contributed by atoms with Gasteiger partial charge in [-0.25, -0.2) is 4.39 Å². The third kappa shape index (κ3) is 2.23. The van der Waals surface area contributed by atoms with Crippen LogP contribution in [-0.2, 0) is 4.79 Å². The van der Waals surface area contributed by atoms with Crippen LogP contribution in [0.2, 0.25) is 0 Å². The summed E-state index contributed by atoms with van der Waals surface area (Å²) in [5.41, 5.74) is 0.245. The van der Waals surface area contributed by atoms with Crippen LogP contribution in [0, 0.1) is 17.6 Å². The molecule has 0 radical (unpaired) electrons. The first-order chi connectivity index (χ1) is 8.04. The van der Waals surface area contributed by atoms with E-state index in [1.54, 1.807) is 0 Å². The highest BCUT2D eigenvalue weighted by Crippen LogP contribution is 2.50. The molecular weight excluding hydrogens is 230 g/mol. The Morgan fingerprint density at radius 1 is 1.47 bits per heavy atom. The normalized spacial score (nSPS) is 22.3. The zero-order valence-electron chi connectivity index (χ0n) is 9.24. The molecule has 0 heterocycles. The number of carboxylic acids is 1. The monoisotopic (exact) mass is 242 g/mol. The minimum Gasteiger partial charge on any atom is -0.494 e. The van der Waals surface area contributed by atoms with Gasteiger partial charge in [0.25, 0.3) is 0 Å². The third-order valence-electron chi connectivity index (χ3n) is 3.06. The van der Waals surface area contributed by atoms with Gasteiger partial charge in [0.1, 0.15) is 0 Å². The number of ether oxygens (including phenoxy) is 1. The van der Waals surface area contributed by atoms with Crippen molar-refractivity contribution in [1.29, 1.82) is 0 Å². The Morgan fingerprint density at radius 2 is 2.18 bits per heavy atom. The van der Waals surface area contributed by atoms with E-state index in [9.17, 15) is 13.6 Å². The van der Waals surface area contributed by atoms with E-state index in [1.165, 1.54) is 19.2 Å². The fraction of sp³-hybridized carbons (Fsp3) is 0.417. The summed E-state index contributed by atoms with van der Waals surface area (Å²) in [6, 6.07) is 2.83. The summed E-state index contributed by atoms with van der Waals surface area (Å²) < 4.78 is 31.7. The minimum absolute atomic E-state index is 0.00223. The van der Waals surface area contributed by atoms with E-state index in [-0.39, 0.29) is 29.6 Å². The summed E-state index contributed by atoms with van der Waals surface area (Å²) in [6.45, 7) is 0. The number of hydrogen-bond acceptors (Lipinski definition) is 2. The topological polar surface area (TPSA) is 46.5 Å². The van der Waals surface area contributed by atoms with Gasteiger partial charge in [-0.1, -0.05) is 6.07 Å². The first-order valence-electron chi connectivity index (χ1n) is 5.28. The average molecular weight is 242 g/mol. The summed E-state index contributed by atoms with van der Waals surface area (Å²) in [5, 5.41) is 8.61. The number of aliphatic carboxylic acids is 1. The van der Waals surface area contributed by atoms with Gasteiger partial charge in [0.05, 0.1) is 7.11 Å². The lowest BCUT2D eigenvalue weighted by Gasteiger charge is -2.06. The van der Waals surface area contributed by atoms with Crippen LogP contribution in [0.25, 0.3) is 0 Å². The van der Waals surface area contributed by atoms with E-state index in [2.05, 4.69) is 4.74 Å². The second kappa shape index (κ2) is 4.31. The van der Waals surface area contributed by atoms with Crippen molar-refractivity contribution in [1.82, 2.24) is 0 Å². The molecule has 1 aliphatic rings. The van der Waals surface area contributed by atoms with Gasteiger partial charge >= 0.3 is 5.97 Å². The molecule has 0 aromatic heterocycles. The zero-order valence-corrected chi connectivity index (χ0v) is 9.24. The first-order valence-corrected chi connectivity index (χ1v) is 5.28. The number of benzene rings is 1. The second-order valence-corrected chi connectivity index (χ2v) is 4.19. The second-order valence-electron chi connectivity index (χ2n) is 4.19. The molecule has 0 aliphatic heterocycles. The zero-order chi connectivity index (χ0) is 12.6. The molecule has 92 valence electrons. The van der Waals surface area contributed by atoms with E-state index in [0.717, 1.165) is 0 Å². The molecule has 1 fully saturated rings. The van der Waals surface area contributed by atoms with E-state index in [0.29, 0.717) is 6.42 Å². The molecule has 5 heteroatoms. The van der Waals surface area contributed by atoms with Gasteiger partial charge in [0.15, 0.2) is 11.6 Å². The molecule has 2 unspecified atom stereocenters. The van der Waals surface area contributed by atoms with Crippen molar-refractivity contribution in [3.05, 3.63) is 29.3 Å². The predicted octanol–water partition coefficient (Wildman–Crippen LogP) is 2.55. The van der Waals surface area contributed by atoms with Gasteiger partial charge in [-0.05, 0) is 29.9 Å².